The standard InChI is InChI=1S/C12H20N4O3/c1-5-6-9-11(12(18)19-4)13-14-16(9)8-7-10(17)15(2)3/h5-8H2,1-4H3. The minimum atomic E-state index is -0.492. The molecule has 1 amide bonds. The topological polar surface area (TPSA) is 77.3 Å². The van der Waals surface area contributed by atoms with Crippen LogP contribution >= 0.6 is 0 Å². The Hall–Kier alpha value is -1.92. The van der Waals surface area contributed by atoms with E-state index in [1.807, 2.05) is 6.92 Å². The van der Waals surface area contributed by atoms with E-state index in [-0.39, 0.29) is 11.6 Å². The lowest BCUT2D eigenvalue weighted by molar-refractivity contribution is -0.128. The summed E-state index contributed by atoms with van der Waals surface area (Å²) in [4.78, 5) is 24.6. The molecule has 19 heavy (non-hydrogen) atoms. The van der Waals surface area contributed by atoms with Crippen molar-refractivity contribution in [2.45, 2.75) is 32.7 Å². The Kier molecular flexibility index (Phi) is 5.47. The van der Waals surface area contributed by atoms with E-state index >= 15 is 0 Å². The summed E-state index contributed by atoms with van der Waals surface area (Å²) in [5.41, 5.74) is 0.961. The maximum atomic E-state index is 11.6. The average molecular weight is 268 g/mol. The maximum Gasteiger partial charge on any atom is 0.360 e. The highest BCUT2D eigenvalue weighted by atomic mass is 16.5. The smallest absolute Gasteiger partial charge is 0.360 e. The highest BCUT2D eigenvalue weighted by molar-refractivity contribution is 5.88. The molecule has 0 fully saturated rings. The van der Waals surface area contributed by atoms with Gasteiger partial charge in [0.1, 0.15) is 0 Å². The van der Waals surface area contributed by atoms with Crippen LogP contribution in [0, 0.1) is 0 Å². The lowest BCUT2D eigenvalue weighted by atomic mass is 10.2. The number of aromatic nitrogens is 3. The van der Waals surface area contributed by atoms with Crippen molar-refractivity contribution >= 4 is 11.9 Å². The molecule has 1 rings (SSSR count). The number of carbonyl (C=O) groups excluding carboxylic acids is 2. The second-order valence-electron chi connectivity index (χ2n) is 4.39. The van der Waals surface area contributed by atoms with E-state index in [2.05, 4.69) is 15.0 Å². The van der Waals surface area contributed by atoms with E-state index in [0.29, 0.717) is 19.4 Å². The van der Waals surface area contributed by atoms with Gasteiger partial charge in [-0.1, -0.05) is 18.6 Å². The van der Waals surface area contributed by atoms with Crippen LogP contribution in [0.1, 0.15) is 35.9 Å². The van der Waals surface area contributed by atoms with Crippen LogP contribution in [0.25, 0.3) is 0 Å². The molecule has 0 aliphatic rings. The van der Waals surface area contributed by atoms with Crippen molar-refractivity contribution in [2.24, 2.45) is 0 Å². The minimum Gasteiger partial charge on any atom is -0.464 e. The number of methoxy groups -OCH3 is 1. The number of ether oxygens (including phenoxy) is 1. The van der Waals surface area contributed by atoms with Gasteiger partial charge in [0.15, 0.2) is 5.69 Å². The molecule has 7 nitrogen and oxygen atoms in total. The molecule has 1 heterocycles. The van der Waals surface area contributed by atoms with Crippen LogP contribution in [0.2, 0.25) is 0 Å². The molecule has 0 atom stereocenters. The molecule has 0 saturated heterocycles. The van der Waals surface area contributed by atoms with Crippen LogP contribution in [0.4, 0.5) is 0 Å². The number of hydrogen-bond donors (Lipinski definition) is 0. The van der Waals surface area contributed by atoms with Gasteiger partial charge in [0.05, 0.1) is 19.3 Å². The Balaban J connectivity index is 2.86. The van der Waals surface area contributed by atoms with Gasteiger partial charge < -0.3 is 9.64 Å². The number of carbonyl (C=O) groups is 2. The molecular formula is C12H20N4O3. The third kappa shape index (κ3) is 3.77. The lowest BCUT2D eigenvalue weighted by Gasteiger charge is -2.11. The van der Waals surface area contributed by atoms with Crippen LogP contribution < -0.4 is 0 Å². The van der Waals surface area contributed by atoms with Crippen molar-refractivity contribution in [2.75, 3.05) is 21.2 Å². The maximum absolute atomic E-state index is 11.6. The van der Waals surface area contributed by atoms with Crippen molar-refractivity contribution < 1.29 is 14.3 Å². The van der Waals surface area contributed by atoms with Crippen LogP contribution in [0.3, 0.4) is 0 Å². The zero-order chi connectivity index (χ0) is 14.4. The normalized spacial score (nSPS) is 10.3. The van der Waals surface area contributed by atoms with Crippen molar-refractivity contribution in [3.05, 3.63) is 11.4 Å². The summed E-state index contributed by atoms with van der Waals surface area (Å²) in [6.07, 6.45) is 1.86. The number of aryl methyl sites for hydroxylation is 1. The number of hydrogen-bond acceptors (Lipinski definition) is 5. The second kappa shape index (κ2) is 6.86. The van der Waals surface area contributed by atoms with E-state index < -0.39 is 5.97 Å². The third-order valence-corrected chi connectivity index (χ3v) is 2.74. The van der Waals surface area contributed by atoms with E-state index in [0.717, 1.165) is 12.1 Å². The quantitative estimate of drug-likeness (QED) is 0.702. The third-order valence-electron chi connectivity index (χ3n) is 2.74. The van der Waals surface area contributed by atoms with Crippen LogP contribution in [-0.4, -0.2) is 53.0 Å². The van der Waals surface area contributed by atoms with Gasteiger partial charge >= 0.3 is 5.97 Å². The van der Waals surface area contributed by atoms with Crippen molar-refractivity contribution in [1.29, 1.82) is 0 Å². The zero-order valence-electron chi connectivity index (χ0n) is 11.8. The molecule has 1 aromatic rings. The monoisotopic (exact) mass is 268 g/mol. The Bertz CT molecular complexity index is 454. The first-order valence-corrected chi connectivity index (χ1v) is 6.22. The Morgan fingerprint density at radius 3 is 2.58 bits per heavy atom. The van der Waals surface area contributed by atoms with Crippen molar-refractivity contribution in [3.8, 4) is 0 Å². The molecule has 1 aromatic heterocycles. The van der Waals surface area contributed by atoms with Gasteiger partial charge in [-0.25, -0.2) is 9.48 Å². The van der Waals surface area contributed by atoms with Crippen LogP contribution in [0.5, 0.6) is 0 Å². The molecule has 0 unspecified atom stereocenters. The molecule has 0 radical (unpaired) electrons. The molecule has 0 aromatic carbocycles. The summed E-state index contributed by atoms with van der Waals surface area (Å²) in [5, 5.41) is 7.77. The molecular weight excluding hydrogens is 248 g/mol. The lowest BCUT2D eigenvalue weighted by Crippen LogP contribution is -2.23. The Labute approximate surface area is 112 Å². The highest BCUT2D eigenvalue weighted by Gasteiger charge is 2.20. The molecule has 7 heteroatoms. The molecule has 0 N–H and O–H groups in total. The zero-order valence-corrected chi connectivity index (χ0v) is 11.8. The van der Waals surface area contributed by atoms with E-state index in [1.165, 1.54) is 12.0 Å². The fourth-order valence-corrected chi connectivity index (χ4v) is 1.68. The van der Waals surface area contributed by atoms with E-state index in [9.17, 15) is 9.59 Å². The number of esters is 1. The summed E-state index contributed by atoms with van der Waals surface area (Å²) < 4.78 is 6.28. The predicted molar refractivity (Wildman–Crippen MR) is 68.7 cm³/mol. The predicted octanol–water partition coefficient (Wildman–Crippen LogP) is 0.495. The Morgan fingerprint density at radius 1 is 1.37 bits per heavy atom. The highest BCUT2D eigenvalue weighted by Crippen LogP contribution is 2.10. The summed E-state index contributed by atoms with van der Waals surface area (Å²) in [5.74, 6) is -0.480. The summed E-state index contributed by atoms with van der Waals surface area (Å²) in [6.45, 7) is 2.42. The van der Waals surface area contributed by atoms with Crippen LogP contribution in [0.15, 0.2) is 0 Å². The number of nitrogens with zero attached hydrogens (tertiary/aromatic N) is 4. The summed E-state index contributed by atoms with van der Waals surface area (Å²) in [6, 6.07) is 0. The largest absolute Gasteiger partial charge is 0.464 e. The number of rotatable bonds is 6. The van der Waals surface area contributed by atoms with Crippen molar-refractivity contribution in [1.82, 2.24) is 19.9 Å². The van der Waals surface area contributed by atoms with Gasteiger partial charge in [-0.2, -0.15) is 0 Å². The summed E-state index contributed by atoms with van der Waals surface area (Å²) in [7, 11) is 4.72. The fourth-order valence-electron chi connectivity index (χ4n) is 1.68. The first kappa shape index (κ1) is 15.1. The van der Waals surface area contributed by atoms with Crippen molar-refractivity contribution in [3.63, 3.8) is 0 Å². The number of amides is 1. The first-order valence-electron chi connectivity index (χ1n) is 6.22. The summed E-state index contributed by atoms with van der Waals surface area (Å²) >= 11 is 0. The SMILES string of the molecule is CCCc1c(C(=O)OC)nnn1CCC(=O)N(C)C. The van der Waals surface area contributed by atoms with E-state index in [1.54, 1.807) is 18.8 Å². The van der Waals surface area contributed by atoms with Gasteiger partial charge in [0, 0.05) is 20.5 Å². The van der Waals surface area contributed by atoms with Gasteiger partial charge in [-0.05, 0) is 6.42 Å². The molecule has 0 saturated carbocycles. The molecule has 106 valence electrons. The average Bonchev–Trinajstić information content (AvgIpc) is 2.78. The Morgan fingerprint density at radius 2 is 2.05 bits per heavy atom. The van der Waals surface area contributed by atoms with Gasteiger partial charge in [-0.3, -0.25) is 4.79 Å². The molecule has 0 aliphatic heterocycles. The van der Waals surface area contributed by atoms with Crippen LogP contribution in [-0.2, 0) is 22.5 Å². The second-order valence-corrected chi connectivity index (χ2v) is 4.39. The first-order chi connectivity index (χ1) is 9.01. The van der Waals surface area contributed by atoms with Gasteiger partial charge in [0.2, 0.25) is 5.91 Å². The van der Waals surface area contributed by atoms with E-state index in [4.69, 9.17) is 0 Å². The fraction of sp³-hybridized carbons (Fsp3) is 0.667. The minimum absolute atomic E-state index is 0.0116. The molecule has 0 spiro atoms. The van der Waals surface area contributed by atoms with Gasteiger partial charge in [-0.15, -0.1) is 5.10 Å². The molecule has 0 aliphatic carbocycles. The molecule has 0 bridgehead atoms. The van der Waals surface area contributed by atoms with Gasteiger partial charge in [0.25, 0.3) is 0 Å².